The van der Waals surface area contributed by atoms with Crippen molar-refractivity contribution >= 4 is 0 Å². The molecule has 0 unspecified atom stereocenters. The summed E-state index contributed by atoms with van der Waals surface area (Å²) in [5, 5.41) is 8.62. The molecule has 0 bridgehead atoms. The zero-order valence-electron chi connectivity index (χ0n) is 11.0. The van der Waals surface area contributed by atoms with Gasteiger partial charge in [-0.25, -0.2) is 4.79 Å². The van der Waals surface area contributed by atoms with Gasteiger partial charge in [0, 0.05) is 24.9 Å². The van der Waals surface area contributed by atoms with Crippen LogP contribution in [0.2, 0.25) is 0 Å². The van der Waals surface area contributed by atoms with Crippen molar-refractivity contribution in [1.82, 2.24) is 9.13 Å². The fourth-order valence-corrected chi connectivity index (χ4v) is 1.78. The standard InChI is InChI=1S/C15H14N2O3/c1-16-9-8-14(19)17(15(16)20)11-13-6-4-12(5-7-13)3-2-10-18/h4-9,18H,10-11H2,1H3. The first-order chi connectivity index (χ1) is 9.61. The third-order valence-corrected chi connectivity index (χ3v) is 2.85. The Kier molecular flexibility index (Phi) is 4.18. The SMILES string of the molecule is Cn1ccc(=O)n(Cc2ccc(C#CCO)cc2)c1=O. The van der Waals surface area contributed by atoms with Crippen LogP contribution in [0.5, 0.6) is 0 Å². The van der Waals surface area contributed by atoms with Gasteiger partial charge >= 0.3 is 5.69 Å². The van der Waals surface area contributed by atoms with E-state index in [9.17, 15) is 9.59 Å². The van der Waals surface area contributed by atoms with E-state index >= 15 is 0 Å². The highest BCUT2D eigenvalue weighted by Crippen LogP contribution is 2.03. The minimum atomic E-state index is -0.346. The fourth-order valence-electron chi connectivity index (χ4n) is 1.78. The van der Waals surface area contributed by atoms with Crippen LogP contribution in [0.4, 0.5) is 0 Å². The third-order valence-electron chi connectivity index (χ3n) is 2.85. The van der Waals surface area contributed by atoms with Crippen molar-refractivity contribution in [1.29, 1.82) is 0 Å². The van der Waals surface area contributed by atoms with E-state index in [1.54, 1.807) is 31.3 Å². The molecular weight excluding hydrogens is 256 g/mol. The highest BCUT2D eigenvalue weighted by atomic mass is 16.2. The molecule has 1 aromatic carbocycles. The average Bonchev–Trinajstić information content (AvgIpc) is 2.47. The van der Waals surface area contributed by atoms with Gasteiger partial charge in [0.05, 0.1) is 6.54 Å². The molecule has 20 heavy (non-hydrogen) atoms. The van der Waals surface area contributed by atoms with Gasteiger partial charge in [-0.1, -0.05) is 24.0 Å². The van der Waals surface area contributed by atoms with Crippen LogP contribution in [0.1, 0.15) is 11.1 Å². The number of aryl methyl sites for hydroxylation is 1. The molecule has 2 rings (SSSR count). The van der Waals surface area contributed by atoms with Crippen molar-refractivity contribution in [3.05, 3.63) is 68.5 Å². The maximum Gasteiger partial charge on any atom is 0.331 e. The van der Waals surface area contributed by atoms with E-state index in [4.69, 9.17) is 5.11 Å². The van der Waals surface area contributed by atoms with Crippen LogP contribution < -0.4 is 11.2 Å². The largest absolute Gasteiger partial charge is 0.384 e. The van der Waals surface area contributed by atoms with E-state index in [0.717, 1.165) is 11.1 Å². The summed E-state index contributed by atoms with van der Waals surface area (Å²) in [6.07, 6.45) is 1.45. The molecule has 1 N–H and O–H groups in total. The summed E-state index contributed by atoms with van der Waals surface area (Å²) in [5.74, 6) is 5.34. The molecule has 0 amide bonds. The highest BCUT2D eigenvalue weighted by molar-refractivity contribution is 5.36. The van der Waals surface area contributed by atoms with Crippen molar-refractivity contribution in [3.63, 3.8) is 0 Å². The molecule has 0 aliphatic rings. The Balaban J connectivity index is 2.30. The summed E-state index contributed by atoms with van der Waals surface area (Å²) < 4.78 is 2.54. The second-order valence-electron chi connectivity index (χ2n) is 4.29. The van der Waals surface area contributed by atoms with Gasteiger partial charge in [0.1, 0.15) is 6.61 Å². The molecular formula is C15H14N2O3. The Bertz CT molecular complexity index is 774. The predicted molar refractivity (Wildman–Crippen MR) is 75.5 cm³/mol. The van der Waals surface area contributed by atoms with E-state index in [0.29, 0.717) is 0 Å². The summed E-state index contributed by atoms with van der Waals surface area (Å²) in [7, 11) is 1.60. The lowest BCUT2D eigenvalue weighted by Gasteiger charge is -2.06. The Morgan fingerprint density at radius 1 is 1.15 bits per heavy atom. The topological polar surface area (TPSA) is 64.2 Å². The van der Waals surface area contributed by atoms with Crippen molar-refractivity contribution in [2.75, 3.05) is 6.61 Å². The third kappa shape index (κ3) is 3.05. The summed E-state index contributed by atoms with van der Waals surface area (Å²) >= 11 is 0. The number of aliphatic hydroxyl groups is 1. The summed E-state index contributed by atoms with van der Waals surface area (Å²) in [4.78, 5) is 23.6. The number of hydrogen-bond acceptors (Lipinski definition) is 3. The first kappa shape index (κ1) is 13.8. The van der Waals surface area contributed by atoms with Crippen molar-refractivity contribution < 1.29 is 5.11 Å². The molecule has 5 heteroatoms. The number of hydrogen-bond donors (Lipinski definition) is 1. The lowest BCUT2D eigenvalue weighted by molar-refractivity contribution is 0.350. The maximum atomic E-state index is 11.9. The second-order valence-corrected chi connectivity index (χ2v) is 4.29. The van der Waals surface area contributed by atoms with Crippen LogP contribution in [-0.4, -0.2) is 20.8 Å². The summed E-state index contributed by atoms with van der Waals surface area (Å²) in [6, 6.07) is 8.55. The van der Waals surface area contributed by atoms with Crippen LogP contribution in [0.25, 0.3) is 0 Å². The molecule has 0 aliphatic heterocycles. The van der Waals surface area contributed by atoms with Crippen LogP contribution in [-0.2, 0) is 13.6 Å². The molecule has 0 saturated carbocycles. The smallest absolute Gasteiger partial charge is 0.331 e. The second kappa shape index (κ2) is 6.04. The van der Waals surface area contributed by atoms with Crippen LogP contribution in [0.3, 0.4) is 0 Å². The minimum absolute atomic E-state index is 0.183. The highest BCUT2D eigenvalue weighted by Gasteiger charge is 2.03. The minimum Gasteiger partial charge on any atom is -0.384 e. The van der Waals surface area contributed by atoms with Crippen molar-refractivity contribution in [2.45, 2.75) is 6.54 Å². The molecule has 0 saturated heterocycles. The maximum absolute atomic E-state index is 11.9. The number of benzene rings is 1. The number of aromatic nitrogens is 2. The first-order valence-electron chi connectivity index (χ1n) is 6.07. The van der Waals surface area contributed by atoms with Gasteiger partial charge in [-0.2, -0.15) is 0 Å². The lowest BCUT2D eigenvalue weighted by atomic mass is 10.1. The zero-order chi connectivity index (χ0) is 14.5. The van der Waals surface area contributed by atoms with Gasteiger partial charge in [-0.3, -0.25) is 9.36 Å². The normalized spacial score (nSPS) is 9.90. The molecule has 102 valence electrons. The van der Waals surface area contributed by atoms with Gasteiger partial charge in [0.25, 0.3) is 5.56 Å². The lowest BCUT2D eigenvalue weighted by Crippen LogP contribution is -2.38. The van der Waals surface area contributed by atoms with Gasteiger partial charge < -0.3 is 9.67 Å². The summed E-state index contributed by atoms with van der Waals surface area (Å²) in [5.41, 5.74) is 0.944. The van der Waals surface area contributed by atoms with Gasteiger partial charge in [0.2, 0.25) is 0 Å². The Labute approximate surface area is 115 Å². The Morgan fingerprint density at radius 3 is 2.50 bits per heavy atom. The van der Waals surface area contributed by atoms with Gasteiger partial charge in [-0.05, 0) is 17.7 Å². The van der Waals surface area contributed by atoms with E-state index in [1.165, 1.54) is 21.4 Å². The first-order valence-corrected chi connectivity index (χ1v) is 6.07. The molecule has 0 aliphatic carbocycles. The number of nitrogens with zero attached hydrogens (tertiary/aromatic N) is 2. The molecule has 0 radical (unpaired) electrons. The summed E-state index contributed by atoms with van der Waals surface area (Å²) in [6.45, 7) is 0.0389. The van der Waals surface area contributed by atoms with Crippen molar-refractivity contribution in [2.24, 2.45) is 7.05 Å². The molecule has 0 fully saturated rings. The molecule has 0 spiro atoms. The number of rotatable bonds is 2. The zero-order valence-corrected chi connectivity index (χ0v) is 11.0. The predicted octanol–water partition coefficient (Wildman–Crippen LogP) is -0.0609. The van der Waals surface area contributed by atoms with Crippen LogP contribution in [0, 0.1) is 11.8 Å². The van der Waals surface area contributed by atoms with Gasteiger partial charge in [0.15, 0.2) is 0 Å². The molecule has 5 nitrogen and oxygen atoms in total. The molecule has 1 aromatic heterocycles. The van der Waals surface area contributed by atoms with Crippen LogP contribution >= 0.6 is 0 Å². The van der Waals surface area contributed by atoms with E-state index < -0.39 is 0 Å². The molecule has 2 aromatic rings. The fraction of sp³-hybridized carbons (Fsp3) is 0.200. The van der Waals surface area contributed by atoms with E-state index in [1.807, 2.05) is 0 Å². The van der Waals surface area contributed by atoms with E-state index in [2.05, 4.69) is 11.8 Å². The monoisotopic (exact) mass is 270 g/mol. The quantitative estimate of drug-likeness (QED) is 0.778. The van der Waals surface area contributed by atoms with E-state index in [-0.39, 0.29) is 24.4 Å². The Morgan fingerprint density at radius 2 is 1.85 bits per heavy atom. The Hall–Kier alpha value is -2.58. The van der Waals surface area contributed by atoms with Gasteiger partial charge in [-0.15, -0.1) is 0 Å². The average molecular weight is 270 g/mol. The molecule has 0 atom stereocenters. The number of aliphatic hydroxyl groups excluding tert-OH is 1. The molecule has 1 heterocycles. The van der Waals surface area contributed by atoms with Crippen molar-refractivity contribution in [3.8, 4) is 11.8 Å². The van der Waals surface area contributed by atoms with Crippen LogP contribution in [0.15, 0.2) is 46.1 Å².